The molecule has 0 aliphatic heterocycles. The summed E-state index contributed by atoms with van der Waals surface area (Å²) in [7, 11) is 0. The van der Waals surface area contributed by atoms with Gasteiger partial charge in [0.2, 0.25) is 0 Å². The van der Waals surface area contributed by atoms with Crippen LogP contribution in [0.4, 0.5) is 4.79 Å². The van der Waals surface area contributed by atoms with Crippen molar-refractivity contribution in [3.05, 3.63) is 30.1 Å². The largest absolute Gasteiger partial charge is 0.448 e. The number of pyridine rings is 1. The lowest BCUT2D eigenvalue weighted by Crippen LogP contribution is -2.33. The zero-order valence-corrected chi connectivity index (χ0v) is 12.0. The molecule has 1 atom stereocenters. The van der Waals surface area contributed by atoms with Crippen LogP contribution < -0.4 is 16.4 Å². The third-order valence-corrected chi connectivity index (χ3v) is 2.87. The number of nitrogens with two attached hydrogens (primary N) is 1. The number of carbonyl (C=O) groups excluding carboxylic acids is 1. The lowest BCUT2D eigenvalue weighted by Gasteiger charge is -2.17. The maximum absolute atomic E-state index is 11.3. The van der Waals surface area contributed by atoms with Gasteiger partial charge in [-0.05, 0) is 24.1 Å². The average Bonchev–Trinajstić information content (AvgIpc) is 2.48. The van der Waals surface area contributed by atoms with Crippen molar-refractivity contribution in [2.75, 3.05) is 26.2 Å². The molecule has 6 nitrogen and oxygen atoms in total. The van der Waals surface area contributed by atoms with Crippen LogP contribution in [0.3, 0.4) is 0 Å². The average molecular weight is 280 g/mol. The first kappa shape index (κ1) is 16.4. The molecule has 0 saturated heterocycles. The van der Waals surface area contributed by atoms with Crippen molar-refractivity contribution in [3.8, 4) is 0 Å². The highest BCUT2D eigenvalue weighted by Gasteiger charge is 2.08. The number of rotatable bonds is 9. The summed E-state index contributed by atoms with van der Waals surface area (Å²) in [6, 6.07) is 3.89. The Morgan fingerprint density at radius 1 is 1.40 bits per heavy atom. The van der Waals surface area contributed by atoms with Gasteiger partial charge >= 0.3 is 6.09 Å². The molecular weight excluding hydrogens is 256 g/mol. The Morgan fingerprint density at radius 2 is 2.15 bits per heavy atom. The predicted molar refractivity (Wildman–Crippen MR) is 78.3 cm³/mol. The van der Waals surface area contributed by atoms with E-state index in [0.717, 1.165) is 18.4 Å². The number of aromatic nitrogens is 1. The van der Waals surface area contributed by atoms with Gasteiger partial charge in [-0.2, -0.15) is 0 Å². The fourth-order valence-corrected chi connectivity index (χ4v) is 1.73. The van der Waals surface area contributed by atoms with Crippen LogP contribution in [0, 0.1) is 0 Å². The maximum atomic E-state index is 11.3. The van der Waals surface area contributed by atoms with Gasteiger partial charge in [-0.1, -0.05) is 13.3 Å². The van der Waals surface area contributed by atoms with Crippen molar-refractivity contribution < 1.29 is 9.53 Å². The second-order valence-corrected chi connectivity index (χ2v) is 4.44. The van der Waals surface area contributed by atoms with E-state index in [1.54, 1.807) is 12.4 Å². The van der Waals surface area contributed by atoms with Gasteiger partial charge in [-0.25, -0.2) is 4.79 Å². The van der Waals surface area contributed by atoms with Crippen molar-refractivity contribution in [2.24, 2.45) is 5.73 Å². The van der Waals surface area contributed by atoms with E-state index < -0.39 is 0 Å². The highest BCUT2D eigenvalue weighted by Crippen LogP contribution is 2.08. The van der Waals surface area contributed by atoms with Gasteiger partial charge in [0.15, 0.2) is 0 Å². The molecule has 0 spiro atoms. The molecule has 20 heavy (non-hydrogen) atoms. The number of hydrogen-bond acceptors (Lipinski definition) is 5. The molecule has 1 aromatic heterocycles. The summed E-state index contributed by atoms with van der Waals surface area (Å²) in [6.45, 7) is 4.09. The minimum absolute atomic E-state index is 0.0461. The van der Waals surface area contributed by atoms with Crippen molar-refractivity contribution in [3.63, 3.8) is 0 Å². The minimum atomic E-state index is -0.367. The fourth-order valence-electron chi connectivity index (χ4n) is 1.73. The normalized spacial score (nSPS) is 11.9. The minimum Gasteiger partial charge on any atom is -0.448 e. The van der Waals surface area contributed by atoms with Crippen LogP contribution in [0.25, 0.3) is 0 Å². The standard InChI is InChI=1S/C14H24N4O2/c1-2-3-6-18-14(19)20-10-9-17-13(11-15)12-4-7-16-8-5-12/h4-5,7-8,13,17H,2-3,6,9-11,15H2,1H3,(H,18,19). The predicted octanol–water partition coefficient (Wildman–Crippen LogP) is 1.20. The number of carbonyl (C=O) groups is 1. The monoisotopic (exact) mass is 280 g/mol. The summed E-state index contributed by atoms with van der Waals surface area (Å²) >= 11 is 0. The first-order chi connectivity index (χ1) is 9.77. The summed E-state index contributed by atoms with van der Waals surface area (Å²) in [4.78, 5) is 15.3. The quantitative estimate of drug-likeness (QED) is 0.591. The zero-order chi connectivity index (χ0) is 14.6. The van der Waals surface area contributed by atoms with Crippen LogP contribution in [0.15, 0.2) is 24.5 Å². The molecule has 0 bridgehead atoms. The number of hydrogen-bond donors (Lipinski definition) is 3. The number of ether oxygens (including phenoxy) is 1. The number of unbranched alkanes of at least 4 members (excludes halogenated alkanes) is 1. The van der Waals surface area contributed by atoms with E-state index >= 15 is 0 Å². The van der Waals surface area contributed by atoms with Crippen LogP contribution in [0.2, 0.25) is 0 Å². The molecule has 0 saturated carbocycles. The molecular formula is C14H24N4O2. The summed E-state index contributed by atoms with van der Waals surface area (Å²) in [6.07, 6.45) is 5.11. The Balaban J connectivity index is 2.17. The van der Waals surface area contributed by atoms with Crippen molar-refractivity contribution >= 4 is 6.09 Å². The number of alkyl carbamates (subject to hydrolysis) is 1. The smallest absolute Gasteiger partial charge is 0.407 e. The first-order valence-corrected chi connectivity index (χ1v) is 7.02. The van der Waals surface area contributed by atoms with Crippen molar-refractivity contribution in [2.45, 2.75) is 25.8 Å². The molecule has 0 aromatic carbocycles. The highest BCUT2D eigenvalue weighted by molar-refractivity contribution is 5.66. The van der Waals surface area contributed by atoms with Gasteiger partial charge in [0.1, 0.15) is 6.61 Å². The summed E-state index contributed by atoms with van der Waals surface area (Å²) in [5, 5.41) is 5.95. The van der Waals surface area contributed by atoms with Gasteiger partial charge in [-0.15, -0.1) is 0 Å². The molecule has 1 heterocycles. The van der Waals surface area contributed by atoms with Gasteiger partial charge in [0.25, 0.3) is 0 Å². The number of amides is 1. The van der Waals surface area contributed by atoms with Gasteiger partial charge in [0.05, 0.1) is 0 Å². The van der Waals surface area contributed by atoms with Crippen molar-refractivity contribution in [1.29, 1.82) is 0 Å². The Kier molecular flexibility index (Phi) is 8.33. The Bertz CT molecular complexity index is 373. The lowest BCUT2D eigenvalue weighted by atomic mass is 10.1. The highest BCUT2D eigenvalue weighted by atomic mass is 16.5. The third kappa shape index (κ3) is 6.49. The van der Waals surface area contributed by atoms with Crippen LogP contribution in [-0.4, -0.2) is 37.3 Å². The van der Waals surface area contributed by atoms with E-state index in [-0.39, 0.29) is 12.1 Å². The van der Waals surface area contributed by atoms with E-state index in [1.165, 1.54) is 0 Å². The van der Waals surface area contributed by atoms with Crippen molar-refractivity contribution in [1.82, 2.24) is 15.6 Å². The first-order valence-electron chi connectivity index (χ1n) is 7.02. The summed E-state index contributed by atoms with van der Waals surface area (Å²) in [5.74, 6) is 0. The summed E-state index contributed by atoms with van der Waals surface area (Å²) < 4.78 is 5.05. The van der Waals surface area contributed by atoms with E-state index in [4.69, 9.17) is 10.5 Å². The van der Waals surface area contributed by atoms with E-state index in [9.17, 15) is 4.79 Å². The summed E-state index contributed by atoms with van der Waals surface area (Å²) in [5.41, 5.74) is 6.80. The van der Waals surface area contributed by atoms with Crippen LogP contribution in [-0.2, 0) is 4.74 Å². The lowest BCUT2D eigenvalue weighted by molar-refractivity contribution is 0.145. The fraction of sp³-hybridized carbons (Fsp3) is 0.571. The molecule has 4 N–H and O–H groups in total. The molecule has 1 rings (SSSR count). The Hall–Kier alpha value is -1.66. The van der Waals surface area contributed by atoms with Crippen LogP contribution >= 0.6 is 0 Å². The second-order valence-electron chi connectivity index (χ2n) is 4.44. The molecule has 1 amide bonds. The molecule has 1 aromatic rings. The van der Waals surface area contributed by atoms with Crippen LogP contribution in [0.1, 0.15) is 31.4 Å². The zero-order valence-electron chi connectivity index (χ0n) is 12.0. The van der Waals surface area contributed by atoms with Crippen LogP contribution in [0.5, 0.6) is 0 Å². The SMILES string of the molecule is CCCCNC(=O)OCCNC(CN)c1ccncc1. The Morgan fingerprint density at radius 3 is 2.80 bits per heavy atom. The number of nitrogens with zero attached hydrogens (tertiary/aromatic N) is 1. The molecule has 0 fully saturated rings. The second kappa shape index (κ2) is 10.2. The molecule has 0 aliphatic carbocycles. The van der Waals surface area contributed by atoms with E-state index in [1.807, 2.05) is 12.1 Å². The van der Waals surface area contributed by atoms with Gasteiger partial charge in [-0.3, -0.25) is 4.98 Å². The van der Waals surface area contributed by atoms with E-state index in [2.05, 4.69) is 22.5 Å². The maximum Gasteiger partial charge on any atom is 0.407 e. The molecule has 0 radical (unpaired) electrons. The molecule has 6 heteroatoms. The van der Waals surface area contributed by atoms with Gasteiger partial charge in [0, 0.05) is 38.1 Å². The third-order valence-electron chi connectivity index (χ3n) is 2.87. The molecule has 1 unspecified atom stereocenters. The Labute approximate surface area is 120 Å². The number of nitrogens with one attached hydrogen (secondary N) is 2. The molecule has 0 aliphatic rings. The van der Waals surface area contributed by atoms with E-state index in [0.29, 0.717) is 26.2 Å². The molecule has 112 valence electrons. The van der Waals surface area contributed by atoms with Gasteiger partial charge < -0.3 is 21.1 Å². The topological polar surface area (TPSA) is 89.3 Å².